The third-order valence-electron chi connectivity index (χ3n) is 4.31. The van der Waals surface area contributed by atoms with E-state index in [2.05, 4.69) is 9.97 Å². The van der Waals surface area contributed by atoms with Crippen molar-refractivity contribution in [3.8, 4) is 0 Å². The van der Waals surface area contributed by atoms with E-state index in [4.69, 9.17) is 0 Å². The summed E-state index contributed by atoms with van der Waals surface area (Å²) in [4.78, 5) is 10.9. The summed E-state index contributed by atoms with van der Waals surface area (Å²) in [5.41, 5.74) is 1.16. The molecule has 0 aliphatic rings. The zero-order chi connectivity index (χ0) is 20.5. The normalized spacial score (nSPS) is 11.4. The summed E-state index contributed by atoms with van der Waals surface area (Å²) in [5.74, 6) is -0.617. The third kappa shape index (κ3) is 4.05. The van der Waals surface area contributed by atoms with Crippen LogP contribution in [0.25, 0.3) is 0 Å². The fourth-order valence-electron chi connectivity index (χ4n) is 2.65. The summed E-state index contributed by atoms with van der Waals surface area (Å²) >= 11 is 0. The first-order valence-electron chi connectivity index (χ1n) is 8.41. The summed E-state index contributed by atoms with van der Waals surface area (Å²) in [6.45, 7) is 1.89. The Morgan fingerprint density at radius 3 is 1.93 bits per heavy atom. The lowest BCUT2D eigenvalue weighted by molar-refractivity contribution is -0.137. The van der Waals surface area contributed by atoms with Crippen molar-refractivity contribution in [1.82, 2.24) is 9.97 Å². The van der Waals surface area contributed by atoms with Gasteiger partial charge in [0.1, 0.15) is 11.4 Å². The van der Waals surface area contributed by atoms with Gasteiger partial charge in [-0.05, 0) is 43.3 Å². The van der Waals surface area contributed by atoms with Crippen molar-refractivity contribution in [1.29, 1.82) is 0 Å². The number of anilines is 4. The maximum Gasteiger partial charge on any atom is 0.421 e. The first kappa shape index (κ1) is 19.6. The van der Waals surface area contributed by atoms with E-state index in [1.54, 1.807) is 19.2 Å². The molecule has 0 radical (unpaired) electrons. The van der Waals surface area contributed by atoms with Gasteiger partial charge in [0.2, 0.25) is 5.95 Å². The number of benzene rings is 2. The van der Waals surface area contributed by atoms with E-state index in [0.29, 0.717) is 11.4 Å². The lowest BCUT2D eigenvalue weighted by Gasteiger charge is -2.25. The molecule has 0 saturated carbocycles. The van der Waals surface area contributed by atoms with Crippen LogP contribution in [-0.2, 0) is 6.18 Å². The Hall–Kier alpha value is -3.16. The molecule has 1 aromatic heterocycles. The molecule has 146 valence electrons. The number of halogens is 4. The van der Waals surface area contributed by atoms with Crippen LogP contribution in [0.4, 0.5) is 40.7 Å². The summed E-state index contributed by atoms with van der Waals surface area (Å²) in [6, 6.07) is 12.6. The fourth-order valence-corrected chi connectivity index (χ4v) is 2.65. The number of aromatic nitrogens is 2. The van der Waals surface area contributed by atoms with Crippen molar-refractivity contribution in [2.45, 2.75) is 13.1 Å². The Morgan fingerprint density at radius 2 is 1.36 bits per heavy atom. The van der Waals surface area contributed by atoms with Crippen LogP contribution in [0.3, 0.4) is 0 Å². The Labute approximate surface area is 160 Å². The van der Waals surface area contributed by atoms with Gasteiger partial charge in [-0.15, -0.1) is 0 Å². The van der Waals surface area contributed by atoms with Gasteiger partial charge < -0.3 is 9.80 Å². The van der Waals surface area contributed by atoms with Crippen molar-refractivity contribution < 1.29 is 17.6 Å². The fraction of sp³-hybridized carbons (Fsp3) is 0.200. The van der Waals surface area contributed by atoms with Crippen LogP contribution in [0.15, 0.2) is 54.7 Å². The SMILES string of the molecule is Cc1ccc(N(C)c2nc(N(C)c3ccc(F)cc3)ncc2C(F)(F)F)cc1. The molecule has 4 nitrogen and oxygen atoms in total. The Kier molecular flexibility index (Phi) is 5.22. The average molecular weight is 390 g/mol. The summed E-state index contributed by atoms with van der Waals surface area (Å²) in [6.07, 6.45) is -3.84. The van der Waals surface area contributed by atoms with Crippen LogP contribution in [-0.4, -0.2) is 24.1 Å². The highest BCUT2D eigenvalue weighted by atomic mass is 19.4. The first-order chi connectivity index (χ1) is 13.2. The number of rotatable bonds is 4. The average Bonchev–Trinajstić information content (AvgIpc) is 2.67. The quantitative estimate of drug-likeness (QED) is 0.553. The second-order valence-corrected chi connectivity index (χ2v) is 6.34. The topological polar surface area (TPSA) is 32.3 Å². The highest BCUT2D eigenvalue weighted by Gasteiger charge is 2.37. The molecule has 0 atom stereocenters. The lowest BCUT2D eigenvalue weighted by atomic mass is 10.2. The minimum absolute atomic E-state index is 0.0635. The molecular weight excluding hydrogens is 372 g/mol. The Balaban J connectivity index is 2.06. The second-order valence-electron chi connectivity index (χ2n) is 6.34. The highest BCUT2D eigenvalue weighted by Crippen LogP contribution is 2.38. The van der Waals surface area contributed by atoms with Crippen molar-refractivity contribution in [2.75, 3.05) is 23.9 Å². The monoisotopic (exact) mass is 390 g/mol. The van der Waals surface area contributed by atoms with E-state index < -0.39 is 17.6 Å². The second kappa shape index (κ2) is 7.46. The van der Waals surface area contributed by atoms with Gasteiger partial charge in [0.05, 0.1) is 0 Å². The molecule has 3 rings (SSSR count). The number of alkyl halides is 3. The molecule has 0 aliphatic heterocycles. The third-order valence-corrected chi connectivity index (χ3v) is 4.31. The molecule has 28 heavy (non-hydrogen) atoms. The van der Waals surface area contributed by atoms with Crippen molar-refractivity contribution >= 4 is 23.1 Å². The smallest absolute Gasteiger partial charge is 0.329 e. The van der Waals surface area contributed by atoms with Crippen molar-refractivity contribution in [2.24, 2.45) is 0 Å². The predicted octanol–water partition coefficient (Wildman–Crippen LogP) is 5.48. The Bertz CT molecular complexity index is 953. The van der Waals surface area contributed by atoms with Crippen molar-refractivity contribution in [3.63, 3.8) is 0 Å². The number of hydrogen-bond donors (Lipinski definition) is 0. The van der Waals surface area contributed by atoms with E-state index >= 15 is 0 Å². The zero-order valence-electron chi connectivity index (χ0n) is 15.5. The number of nitrogens with zero attached hydrogens (tertiary/aromatic N) is 4. The van der Waals surface area contributed by atoms with Crippen molar-refractivity contribution in [3.05, 3.63) is 71.7 Å². The van der Waals surface area contributed by atoms with Gasteiger partial charge >= 0.3 is 6.18 Å². The van der Waals surface area contributed by atoms with Crippen LogP contribution < -0.4 is 9.80 Å². The van der Waals surface area contributed by atoms with Gasteiger partial charge in [-0.2, -0.15) is 18.2 Å². The molecule has 8 heteroatoms. The maximum absolute atomic E-state index is 13.5. The predicted molar refractivity (Wildman–Crippen MR) is 101 cm³/mol. The molecule has 0 unspecified atom stereocenters. The van der Waals surface area contributed by atoms with Gasteiger partial charge in [-0.25, -0.2) is 9.37 Å². The van der Waals surface area contributed by atoms with Gasteiger partial charge in [0.15, 0.2) is 5.82 Å². The van der Waals surface area contributed by atoms with Crippen LogP contribution in [0.2, 0.25) is 0 Å². The molecule has 0 saturated heterocycles. The molecule has 0 aliphatic carbocycles. The van der Waals surface area contributed by atoms with Gasteiger partial charge in [0.25, 0.3) is 0 Å². The summed E-state index contributed by atoms with van der Waals surface area (Å²) < 4.78 is 53.7. The van der Waals surface area contributed by atoms with Crippen LogP contribution >= 0.6 is 0 Å². The Morgan fingerprint density at radius 1 is 0.821 bits per heavy atom. The van der Waals surface area contributed by atoms with Crippen LogP contribution in [0.5, 0.6) is 0 Å². The standard InChI is InChI=1S/C20H18F4N4/c1-13-4-8-15(9-5-13)27(2)18-17(20(22,23)24)12-25-19(26-18)28(3)16-10-6-14(21)7-11-16/h4-12H,1-3H3. The molecule has 1 heterocycles. The maximum atomic E-state index is 13.5. The molecule has 0 fully saturated rings. The zero-order valence-corrected chi connectivity index (χ0v) is 15.5. The minimum atomic E-state index is -4.61. The first-order valence-corrected chi connectivity index (χ1v) is 8.41. The molecule has 0 spiro atoms. The molecule has 0 bridgehead atoms. The van der Waals surface area contributed by atoms with E-state index in [1.165, 1.54) is 41.1 Å². The number of hydrogen-bond acceptors (Lipinski definition) is 4. The lowest BCUT2D eigenvalue weighted by Crippen LogP contribution is -2.21. The molecule has 0 N–H and O–H groups in total. The summed E-state index contributed by atoms with van der Waals surface area (Å²) in [7, 11) is 3.12. The summed E-state index contributed by atoms with van der Waals surface area (Å²) in [5, 5.41) is 0. The minimum Gasteiger partial charge on any atom is -0.329 e. The van der Waals surface area contributed by atoms with Gasteiger partial charge in [-0.3, -0.25) is 0 Å². The largest absolute Gasteiger partial charge is 0.421 e. The molecular formula is C20H18F4N4. The number of aryl methyl sites for hydroxylation is 1. The van der Waals surface area contributed by atoms with Gasteiger partial charge in [-0.1, -0.05) is 17.7 Å². The van der Waals surface area contributed by atoms with E-state index in [-0.39, 0.29) is 11.8 Å². The van der Waals surface area contributed by atoms with Crippen LogP contribution in [0, 0.1) is 12.7 Å². The van der Waals surface area contributed by atoms with Gasteiger partial charge in [0, 0.05) is 31.7 Å². The molecule has 0 amide bonds. The van der Waals surface area contributed by atoms with E-state index in [1.807, 2.05) is 19.1 Å². The molecule has 3 aromatic rings. The van der Waals surface area contributed by atoms with E-state index in [9.17, 15) is 17.6 Å². The van der Waals surface area contributed by atoms with Crippen LogP contribution in [0.1, 0.15) is 11.1 Å². The van der Waals surface area contributed by atoms with E-state index in [0.717, 1.165) is 11.8 Å². The highest BCUT2D eigenvalue weighted by molar-refractivity contribution is 5.65. The molecule has 2 aromatic carbocycles.